The van der Waals surface area contributed by atoms with Crippen LogP contribution in [0.1, 0.15) is 37.6 Å². The maximum absolute atomic E-state index is 12.4. The summed E-state index contributed by atoms with van der Waals surface area (Å²) in [6.45, 7) is 6.82. The predicted octanol–water partition coefficient (Wildman–Crippen LogP) is 4.30. The molecule has 0 unspecified atom stereocenters. The number of ether oxygens (including phenoxy) is 2. The molecule has 1 amide bonds. The summed E-state index contributed by atoms with van der Waals surface area (Å²) in [4.78, 5) is 12.4. The molecule has 0 bridgehead atoms. The standard InChI is InChI=1S/C21H26N2O3/c1-4-16(2)17(3)22-23-21(24)19-12-8-9-13-20(19)26-15-14-25-18-10-6-5-7-11-18/h5-13,16H,4,14-15H2,1-3H3,(H,23,24)/b22-17-/t16-/m1/s1. The van der Waals surface area contributed by atoms with Gasteiger partial charge in [0.25, 0.3) is 5.91 Å². The number of carbonyl (C=O) groups excluding carboxylic acids is 1. The van der Waals surface area contributed by atoms with E-state index >= 15 is 0 Å². The van der Waals surface area contributed by atoms with E-state index in [1.54, 1.807) is 18.2 Å². The predicted molar refractivity (Wildman–Crippen MR) is 104 cm³/mol. The van der Waals surface area contributed by atoms with Crippen LogP contribution in [0.25, 0.3) is 0 Å². The summed E-state index contributed by atoms with van der Waals surface area (Å²) < 4.78 is 11.3. The molecule has 138 valence electrons. The van der Waals surface area contributed by atoms with Gasteiger partial charge in [-0.1, -0.05) is 44.2 Å². The lowest BCUT2D eigenvalue weighted by molar-refractivity contribution is 0.0949. The van der Waals surface area contributed by atoms with Gasteiger partial charge < -0.3 is 9.47 Å². The molecular formula is C21H26N2O3. The third-order valence-corrected chi connectivity index (χ3v) is 4.14. The smallest absolute Gasteiger partial charge is 0.275 e. The zero-order chi connectivity index (χ0) is 18.8. The Morgan fingerprint density at radius 1 is 1.04 bits per heavy atom. The lowest BCUT2D eigenvalue weighted by Crippen LogP contribution is -2.22. The molecule has 0 saturated carbocycles. The molecule has 5 nitrogen and oxygen atoms in total. The number of nitrogens with zero attached hydrogens (tertiary/aromatic N) is 1. The Hall–Kier alpha value is -2.82. The molecule has 0 heterocycles. The normalized spacial score (nSPS) is 12.3. The van der Waals surface area contributed by atoms with Crippen LogP contribution in [0, 0.1) is 5.92 Å². The van der Waals surface area contributed by atoms with Crippen molar-refractivity contribution in [3.8, 4) is 11.5 Å². The van der Waals surface area contributed by atoms with Crippen LogP contribution >= 0.6 is 0 Å². The first kappa shape index (κ1) is 19.5. The van der Waals surface area contributed by atoms with Crippen molar-refractivity contribution in [2.24, 2.45) is 11.0 Å². The van der Waals surface area contributed by atoms with Crippen LogP contribution in [0.4, 0.5) is 0 Å². The van der Waals surface area contributed by atoms with Gasteiger partial charge in [-0.25, -0.2) is 5.43 Å². The first-order valence-electron chi connectivity index (χ1n) is 8.86. The summed E-state index contributed by atoms with van der Waals surface area (Å²) in [5, 5.41) is 4.19. The summed E-state index contributed by atoms with van der Waals surface area (Å²) in [6.07, 6.45) is 0.978. The third kappa shape index (κ3) is 5.92. The monoisotopic (exact) mass is 354 g/mol. The van der Waals surface area contributed by atoms with Crippen LogP contribution in [0.3, 0.4) is 0 Å². The largest absolute Gasteiger partial charge is 0.490 e. The molecule has 0 aliphatic carbocycles. The molecule has 2 aromatic carbocycles. The van der Waals surface area contributed by atoms with Crippen molar-refractivity contribution in [2.45, 2.75) is 27.2 Å². The molecule has 0 aromatic heterocycles. The van der Waals surface area contributed by atoms with Crippen molar-refractivity contribution in [1.82, 2.24) is 5.43 Å². The Kier molecular flexibility index (Phi) is 7.68. The van der Waals surface area contributed by atoms with Gasteiger partial charge >= 0.3 is 0 Å². The van der Waals surface area contributed by atoms with Crippen LogP contribution in [0.5, 0.6) is 11.5 Å². The molecule has 26 heavy (non-hydrogen) atoms. The highest BCUT2D eigenvalue weighted by Gasteiger charge is 2.12. The molecular weight excluding hydrogens is 328 g/mol. The van der Waals surface area contributed by atoms with Gasteiger partial charge in [0.1, 0.15) is 24.7 Å². The van der Waals surface area contributed by atoms with Crippen molar-refractivity contribution < 1.29 is 14.3 Å². The van der Waals surface area contributed by atoms with E-state index in [1.165, 1.54) is 0 Å². The first-order chi connectivity index (χ1) is 12.6. The minimum Gasteiger partial charge on any atom is -0.490 e. The molecule has 2 rings (SSSR count). The number of benzene rings is 2. The van der Waals surface area contributed by atoms with E-state index in [0.29, 0.717) is 30.4 Å². The summed E-state index contributed by atoms with van der Waals surface area (Å²) in [5.41, 5.74) is 3.96. The average molecular weight is 354 g/mol. The number of hydrazone groups is 1. The molecule has 1 atom stereocenters. The molecule has 0 aliphatic heterocycles. The Bertz CT molecular complexity index is 729. The van der Waals surface area contributed by atoms with Gasteiger partial charge in [-0.15, -0.1) is 0 Å². The van der Waals surface area contributed by atoms with Crippen LogP contribution in [0.2, 0.25) is 0 Å². The van der Waals surface area contributed by atoms with Crippen LogP contribution in [-0.4, -0.2) is 24.8 Å². The molecule has 0 fully saturated rings. The van der Waals surface area contributed by atoms with Gasteiger partial charge in [0, 0.05) is 5.71 Å². The second-order valence-electron chi connectivity index (χ2n) is 6.01. The number of nitrogens with one attached hydrogen (secondary N) is 1. The minimum atomic E-state index is -0.285. The molecule has 2 aromatic rings. The van der Waals surface area contributed by atoms with Gasteiger partial charge in [0.2, 0.25) is 0 Å². The SMILES string of the molecule is CC[C@@H](C)/C(C)=N\NC(=O)c1ccccc1OCCOc1ccccc1. The first-order valence-corrected chi connectivity index (χ1v) is 8.86. The maximum atomic E-state index is 12.4. The number of rotatable bonds is 9. The summed E-state index contributed by atoms with van der Waals surface area (Å²) in [6, 6.07) is 16.7. The summed E-state index contributed by atoms with van der Waals surface area (Å²) >= 11 is 0. The van der Waals surface area contributed by atoms with Crippen LogP contribution in [-0.2, 0) is 0 Å². The van der Waals surface area contributed by atoms with Crippen molar-refractivity contribution in [1.29, 1.82) is 0 Å². The fourth-order valence-electron chi connectivity index (χ4n) is 2.21. The summed E-state index contributed by atoms with van der Waals surface area (Å²) in [5.74, 6) is 1.35. The Labute approximate surface area is 155 Å². The highest BCUT2D eigenvalue weighted by molar-refractivity contribution is 5.97. The zero-order valence-electron chi connectivity index (χ0n) is 15.6. The van der Waals surface area contributed by atoms with Crippen molar-refractivity contribution in [3.05, 3.63) is 60.2 Å². The van der Waals surface area contributed by atoms with E-state index in [1.807, 2.05) is 43.3 Å². The highest BCUT2D eigenvalue weighted by atomic mass is 16.5. The molecule has 0 spiro atoms. The van der Waals surface area contributed by atoms with Gasteiger partial charge in [-0.05, 0) is 43.5 Å². The Balaban J connectivity index is 1.91. The maximum Gasteiger partial charge on any atom is 0.275 e. The number of hydrogen-bond acceptors (Lipinski definition) is 4. The quantitative estimate of drug-likeness (QED) is 0.415. The lowest BCUT2D eigenvalue weighted by atomic mass is 10.1. The Morgan fingerprint density at radius 3 is 2.42 bits per heavy atom. The molecule has 5 heteroatoms. The van der Waals surface area contributed by atoms with Crippen molar-refractivity contribution >= 4 is 11.6 Å². The minimum absolute atomic E-state index is 0.285. The second-order valence-corrected chi connectivity index (χ2v) is 6.01. The van der Waals surface area contributed by atoms with E-state index in [9.17, 15) is 4.79 Å². The molecule has 0 saturated heterocycles. The van der Waals surface area contributed by atoms with Crippen molar-refractivity contribution in [3.63, 3.8) is 0 Å². The van der Waals surface area contributed by atoms with E-state index < -0.39 is 0 Å². The number of para-hydroxylation sites is 2. The zero-order valence-corrected chi connectivity index (χ0v) is 15.6. The van der Waals surface area contributed by atoms with Crippen LogP contribution in [0.15, 0.2) is 59.7 Å². The van der Waals surface area contributed by atoms with Gasteiger partial charge in [0.15, 0.2) is 0 Å². The topological polar surface area (TPSA) is 59.9 Å². The third-order valence-electron chi connectivity index (χ3n) is 4.14. The number of hydrogen-bond donors (Lipinski definition) is 1. The molecule has 1 N–H and O–H groups in total. The molecule has 0 aliphatic rings. The van der Waals surface area contributed by atoms with E-state index in [4.69, 9.17) is 9.47 Å². The molecule has 0 radical (unpaired) electrons. The fourth-order valence-corrected chi connectivity index (χ4v) is 2.21. The number of carbonyl (C=O) groups is 1. The van der Waals surface area contributed by atoms with Gasteiger partial charge in [-0.3, -0.25) is 4.79 Å². The van der Waals surface area contributed by atoms with Crippen molar-refractivity contribution in [2.75, 3.05) is 13.2 Å². The highest BCUT2D eigenvalue weighted by Crippen LogP contribution is 2.18. The van der Waals surface area contributed by atoms with Gasteiger partial charge in [0.05, 0.1) is 5.56 Å². The Morgan fingerprint density at radius 2 is 1.69 bits per heavy atom. The lowest BCUT2D eigenvalue weighted by Gasteiger charge is -2.12. The second kappa shape index (κ2) is 10.2. The fraction of sp³-hybridized carbons (Fsp3) is 0.333. The number of amides is 1. The van der Waals surface area contributed by atoms with E-state index in [-0.39, 0.29) is 5.91 Å². The average Bonchev–Trinajstić information content (AvgIpc) is 2.69. The van der Waals surface area contributed by atoms with E-state index in [0.717, 1.165) is 17.9 Å². The van der Waals surface area contributed by atoms with Crippen LogP contribution < -0.4 is 14.9 Å². The summed E-state index contributed by atoms with van der Waals surface area (Å²) in [7, 11) is 0. The van der Waals surface area contributed by atoms with E-state index in [2.05, 4.69) is 24.4 Å². The van der Waals surface area contributed by atoms with Gasteiger partial charge in [-0.2, -0.15) is 5.10 Å².